The lowest BCUT2D eigenvalue weighted by Gasteiger charge is -2.37. The Morgan fingerprint density at radius 3 is 2.71 bits per heavy atom. The molecule has 2 saturated heterocycles. The number of hydrogen-bond donors (Lipinski definition) is 1. The highest BCUT2D eigenvalue weighted by molar-refractivity contribution is 7.17. The van der Waals surface area contributed by atoms with Crippen molar-refractivity contribution in [3.8, 4) is 11.1 Å². The van der Waals surface area contributed by atoms with Crippen molar-refractivity contribution in [3.63, 3.8) is 0 Å². The van der Waals surface area contributed by atoms with Gasteiger partial charge in [-0.15, -0.1) is 11.3 Å². The highest BCUT2D eigenvalue weighted by atomic mass is 32.1. The van der Waals surface area contributed by atoms with E-state index in [-0.39, 0.29) is 6.61 Å². The predicted octanol–water partition coefficient (Wildman–Crippen LogP) is 3.93. The van der Waals surface area contributed by atoms with Gasteiger partial charge in [0.05, 0.1) is 25.1 Å². The molecule has 1 aromatic carbocycles. The number of aromatic nitrogens is 2. The number of rotatable bonds is 6. The van der Waals surface area contributed by atoms with Crippen LogP contribution in [0.1, 0.15) is 31.5 Å². The van der Waals surface area contributed by atoms with Gasteiger partial charge in [-0.2, -0.15) is 0 Å². The van der Waals surface area contributed by atoms with Crippen molar-refractivity contribution in [1.82, 2.24) is 14.9 Å². The third kappa shape index (κ3) is 4.46. The molecule has 0 bridgehead atoms. The van der Waals surface area contributed by atoms with Crippen LogP contribution < -0.4 is 4.90 Å². The van der Waals surface area contributed by atoms with Crippen molar-refractivity contribution in [2.24, 2.45) is 0 Å². The van der Waals surface area contributed by atoms with Gasteiger partial charge in [0.1, 0.15) is 16.5 Å². The number of ether oxygens (including phenoxy) is 1. The van der Waals surface area contributed by atoms with E-state index in [2.05, 4.69) is 45.5 Å². The summed E-state index contributed by atoms with van der Waals surface area (Å²) in [6.45, 7) is 5.35. The van der Waals surface area contributed by atoms with Crippen LogP contribution in [0.4, 0.5) is 5.82 Å². The number of hydrogen-bond acceptors (Lipinski definition) is 7. The molecule has 0 saturated carbocycles. The van der Waals surface area contributed by atoms with Gasteiger partial charge in [-0.25, -0.2) is 9.97 Å². The number of anilines is 1. The molecule has 5 rings (SSSR count). The summed E-state index contributed by atoms with van der Waals surface area (Å²) in [4.78, 5) is 16.0. The van der Waals surface area contributed by atoms with E-state index < -0.39 is 0 Å². The van der Waals surface area contributed by atoms with Gasteiger partial charge >= 0.3 is 0 Å². The van der Waals surface area contributed by atoms with E-state index in [9.17, 15) is 5.11 Å². The third-order valence-electron chi connectivity index (χ3n) is 6.38. The predicted molar refractivity (Wildman–Crippen MR) is 126 cm³/mol. The molecule has 2 aliphatic heterocycles. The monoisotopic (exact) mass is 438 g/mol. The van der Waals surface area contributed by atoms with E-state index in [0.717, 1.165) is 80.5 Å². The first-order chi connectivity index (χ1) is 15.3. The highest BCUT2D eigenvalue weighted by Crippen LogP contribution is 2.40. The molecule has 7 heteroatoms. The molecular formula is C24H30N4O2S. The van der Waals surface area contributed by atoms with Gasteiger partial charge in [0.15, 0.2) is 0 Å². The lowest BCUT2D eigenvalue weighted by Crippen LogP contribution is -2.41. The summed E-state index contributed by atoms with van der Waals surface area (Å²) in [6, 6.07) is 10.9. The van der Waals surface area contributed by atoms with Gasteiger partial charge < -0.3 is 14.7 Å². The smallest absolute Gasteiger partial charge is 0.146 e. The molecule has 0 radical (unpaired) electrons. The number of aliphatic hydroxyl groups excluding tert-OH is 1. The second-order valence-electron chi connectivity index (χ2n) is 8.40. The first-order valence-corrected chi connectivity index (χ1v) is 12.2. The minimum Gasteiger partial charge on any atom is -0.396 e. The zero-order valence-corrected chi connectivity index (χ0v) is 18.7. The summed E-state index contributed by atoms with van der Waals surface area (Å²) in [5.41, 5.74) is 2.41. The molecule has 0 amide bonds. The summed E-state index contributed by atoms with van der Waals surface area (Å²) in [6.07, 6.45) is 4.27. The SMILES string of the molecule is OCCC1CCCCN1c1nc(CN2CCOCC2)nc2scc(-c3ccccc3)c12. The largest absolute Gasteiger partial charge is 0.396 e. The molecule has 1 N–H and O–H groups in total. The van der Waals surface area contributed by atoms with Crippen molar-refractivity contribution in [2.45, 2.75) is 38.3 Å². The van der Waals surface area contributed by atoms with Gasteiger partial charge in [-0.05, 0) is 31.2 Å². The lowest BCUT2D eigenvalue weighted by molar-refractivity contribution is 0.0331. The van der Waals surface area contributed by atoms with Crippen molar-refractivity contribution in [2.75, 3.05) is 44.4 Å². The van der Waals surface area contributed by atoms with Crippen LogP contribution >= 0.6 is 11.3 Å². The normalized spacial score (nSPS) is 20.4. The minimum atomic E-state index is 0.213. The highest BCUT2D eigenvalue weighted by Gasteiger charge is 2.28. The van der Waals surface area contributed by atoms with Crippen LogP contribution in [0.5, 0.6) is 0 Å². The number of piperidine rings is 1. The fourth-order valence-electron chi connectivity index (χ4n) is 4.76. The van der Waals surface area contributed by atoms with Crippen LogP contribution in [-0.4, -0.2) is 65.5 Å². The second kappa shape index (κ2) is 9.61. The quantitative estimate of drug-likeness (QED) is 0.629. The maximum absolute atomic E-state index is 9.68. The average Bonchev–Trinajstić information content (AvgIpc) is 3.25. The summed E-state index contributed by atoms with van der Waals surface area (Å²) in [5.74, 6) is 1.94. The molecule has 2 aliphatic rings. The molecule has 164 valence electrons. The van der Waals surface area contributed by atoms with E-state index in [1.807, 2.05) is 0 Å². The Balaban J connectivity index is 1.60. The summed E-state index contributed by atoms with van der Waals surface area (Å²) in [7, 11) is 0. The number of nitrogens with zero attached hydrogens (tertiary/aromatic N) is 4. The molecular weight excluding hydrogens is 408 g/mol. The number of benzene rings is 1. The topological polar surface area (TPSA) is 61.7 Å². The molecule has 6 nitrogen and oxygen atoms in total. The van der Waals surface area contributed by atoms with Crippen LogP contribution in [0.25, 0.3) is 21.3 Å². The number of morpholine rings is 1. The van der Waals surface area contributed by atoms with Crippen LogP contribution in [0.15, 0.2) is 35.7 Å². The summed E-state index contributed by atoms with van der Waals surface area (Å²) < 4.78 is 5.51. The van der Waals surface area contributed by atoms with Crippen LogP contribution in [0, 0.1) is 0 Å². The maximum atomic E-state index is 9.68. The number of fused-ring (bicyclic) bond motifs is 1. The van der Waals surface area contributed by atoms with Gasteiger partial charge in [-0.3, -0.25) is 4.90 Å². The van der Waals surface area contributed by atoms with Crippen LogP contribution in [0.2, 0.25) is 0 Å². The Labute approximate surface area is 187 Å². The Kier molecular flexibility index (Phi) is 6.45. The Morgan fingerprint density at radius 2 is 1.90 bits per heavy atom. The van der Waals surface area contributed by atoms with Crippen molar-refractivity contribution in [1.29, 1.82) is 0 Å². The summed E-state index contributed by atoms with van der Waals surface area (Å²) in [5, 5.41) is 13.1. The summed E-state index contributed by atoms with van der Waals surface area (Å²) >= 11 is 1.71. The van der Waals surface area contributed by atoms with Crippen molar-refractivity contribution < 1.29 is 9.84 Å². The van der Waals surface area contributed by atoms with Gasteiger partial charge in [0.25, 0.3) is 0 Å². The van der Waals surface area contributed by atoms with E-state index >= 15 is 0 Å². The molecule has 2 aromatic heterocycles. The first kappa shape index (κ1) is 20.8. The fraction of sp³-hybridized carbons (Fsp3) is 0.500. The number of thiophene rings is 1. The molecule has 1 unspecified atom stereocenters. The Hall–Kier alpha value is -2.06. The van der Waals surface area contributed by atoms with Crippen molar-refractivity contribution >= 4 is 27.4 Å². The minimum absolute atomic E-state index is 0.213. The molecule has 0 spiro atoms. The molecule has 0 aliphatic carbocycles. The van der Waals surface area contributed by atoms with E-state index in [1.54, 1.807) is 11.3 Å². The molecule has 31 heavy (non-hydrogen) atoms. The Morgan fingerprint density at radius 1 is 1.06 bits per heavy atom. The molecule has 2 fully saturated rings. The van der Waals surface area contributed by atoms with E-state index in [1.165, 1.54) is 17.5 Å². The van der Waals surface area contributed by atoms with Gasteiger partial charge in [-0.1, -0.05) is 30.3 Å². The van der Waals surface area contributed by atoms with Gasteiger partial charge in [0.2, 0.25) is 0 Å². The molecule has 4 heterocycles. The van der Waals surface area contributed by atoms with Crippen molar-refractivity contribution in [3.05, 3.63) is 41.5 Å². The number of aliphatic hydroxyl groups is 1. The first-order valence-electron chi connectivity index (χ1n) is 11.3. The Bertz CT molecular complexity index is 1000. The van der Waals surface area contributed by atoms with E-state index in [0.29, 0.717) is 6.04 Å². The van der Waals surface area contributed by atoms with Gasteiger partial charge in [0, 0.05) is 43.2 Å². The maximum Gasteiger partial charge on any atom is 0.146 e. The van der Waals surface area contributed by atoms with Crippen LogP contribution in [0.3, 0.4) is 0 Å². The second-order valence-corrected chi connectivity index (χ2v) is 9.26. The lowest BCUT2D eigenvalue weighted by atomic mass is 9.98. The standard InChI is InChI=1S/C24H30N4O2S/c29-13-9-19-8-4-5-10-28(19)23-22-20(18-6-2-1-3-7-18)17-31-24(22)26-21(25-23)16-27-11-14-30-15-12-27/h1-3,6-7,17,19,29H,4-5,8-16H2. The molecule has 1 atom stereocenters. The van der Waals surface area contributed by atoms with E-state index in [4.69, 9.17) is 14.7 Å². The zero-order valence-electron chi connectivity index (χ0n) is 17.9. The fourth-order valence-corrected chi connectivity index (χ4v) is 5.72. The van der Waals surface area contributed by atoms with Crippen LogP contribution in [-0.2, 0) is 11.3 Å². The zero-order chi connectivity index (χ0) is 21.0. The molecule has 3 aromatic rings. The third-order valence-corrected chi connectivity index (χ3v) is 7.25. The average molecular weight is 439 g/mol.